The third-order valence-corrected chi connectivity index (χ3v) is 4.14. The van der Waals surface area contributed by atoms with Crippen LogP contribution in [0.4, 0.5) is 0 Å². The van der Waals surface area contributed by atoms with E-state index in [-0.39, 0.29) is 0 Å². The van der Waals surface area contributed by atoms with Gasteiger partial charge < -0.3 is 15.2 Å². The lowest BCUT2D eigenvalue weighted by Crippen LogP contribution is -2.29. The van der Waals surface area contributed by atoms with Crippen LogP contribution in [0.15, 0.2) is 48.5 Å². The van der Waals surface area contributed by atoms with E-state index in [1.54, 1.807) is 12.1 Å². The summed E-state index contributed by atoms with van der Waals surface area (Å²) in [4.78, 5) is 15.9. The quantitative estimate of drug-likeness (QED) is 0.796. The molecule has 1 aliphatic rings. The summed E-state index contributed by atoms with van der Waals surface area (Å²) in [7, 11) is 0. The largest absolute Gasteiger partial charge is 0.449 e. The van der Waals surface area contributed by atoms with Crippen molar-refractivity contribution >= 4 is 16.8 Å². The van der Waals surface area contributed by atoms with Crippen molar-refractivity contribution in [3.63, 3.8) is 0 Å². The Morgan fingerprint density at radius 3 is 2.64 bits per heavy atom. The van der Waals surface area contributed by atoms with Gasteiger partial charge in [0.05, 0.1) is 5.52 Å². The minimum absolute atomic E-state index is 0.436. The molecule has 0 fully saturated rings. The van der Waals surface area contributed by atoms with Crippen LogP contribution in [0.5, 0.6) is 11.5 Å². The Hall–Kier alpha value is -3.08. The molecule has 1 amide bonds. The highest BCUT2D eigenvalue weighted by molar-refractivity contribution is 5.96. The monoisotopic (exact) mass is 334 g/mol. The molecular formula is C20H18N2O3. The Morgan fingerprint density at radius 2 is 1.84 bits per heavy atom. The highest BCUT2D eigenvalue weighted by atomic mass is 16.7. The van der Waals surface area contributed by atoms with Crippen molar-refractivity contribution in [3.05, 3.63) is 65.4 Å². The van der Waals surface area contributed by atoms with E-state index in [1.165, 1.54) is 0 Å². The van der Waals surface area contributed by atoms with Crippen LogP contribution >= 0.6 is 0 Å². The van der Waals surface area contributed by atoms with Crippen molar-refractivity contribution in [1.82, 2.24) is 4.98 Å². The predicted molar refractivity (Wildman–Crippen MR) is 94.8 cm³/mol. The molecule has 5 nitrogen and oxygen atoms in total. The van der Waals surface area contributed by atoms with Crippen LogP contribution in [0.3, 0.4) is 0 Å². The lowest BCUT2D eigenvalue weighted by atomic mass is 10.1. The summed E-state index contributed by atoms with van der Waals surface area (Å²) < 4.78 is 11.5. The van der Waals surface area contributed by atoms with Crippen LogP contribution in [0.1, 0.15) is 35.5 Å². The normalized spacial score (nSPS) is 14.6. The third-order valence-electron chi connectivity index (χ3n) is 4.14. The van der Waals surface area contributed by atoms with E-state index in [2.05, 4.69) is 4.98 Å². The number of carbonyl (C=O) groups excluding carboxylic acids is 1. The Labute approximate surface area is 145 Å². The van der Waals surface area contributed by atoms with E-state index < -0.39 is 11.7 Å². The van der Waals surface area contributed by atoms with Crippen LogP contribution in [-0.4, -0.2) is 16.7 Å². The van der Waals surface area contributed by atoms with Crippen LogP contribution < -0.4 is 15.2 Å². The van der Waals surface area contributed by atoms with Gasteiger partial charge in [0.15, 0.2) is 11.5 Å². The van der Waals surface area contributed by atoms with Crippen LogP contribution in [0, 0.1) is 0 Å². The molecule has 0 atom stereocenters. The minimum Gasteiger partial charge on any atom is -0.449 e. The van der Waals surface area contributed by atoms with Gasteiger partial charge in [-0.1, -0.05) is 12.1 Å². The SMILES string of the molecule is CC1(C)Oc2ccc(Cc3ccc4cc(C(N)=O)ccc4n3)cc2O1. The summed E-state index contributed by atoms with van der Waals surface area (Å²) in [6.45, 7) is 3.77. The minimum atomic E-state index is -0.625. The zero-order valence-corrected chi connectivity index (χ0v) is 14.1. The van der Waals surface area contributed by atoms with Gasteiger partial charge in [-0.3, -0.25) is 9.78 Å². The molecular weight excluding hydrogens is 316 g/mol. The smallest absolute Gasteiger partial charge is 0.248 e. The lowest BCUT2D eigenvalue weighted by molar-refractivity contribution is -0.0431. The standard InChI is InChI=1S/C20H18N2O3/c1-20(2)24-17-8-3-12(10-18(17)25-20)9-15-6-4-13-11-14(19(21)23)5-7-16(13)22-15/h3-8,10-11H,9H2,1-2H3,(H2,21,23). The first-order valence-corrected chi connectivity index (χ1v) is 8.10. The van der Waals surface area contributed by atoms with E-state index in [0.717, 1.165) is 33.7 Å². The first-order valence-electron chi connectivity index (χ1n) is 8.10. The molecule has 0 saturated carbocycles. The highest BCUT2D eigenvalue weighted by Crippen LogP contribution is 2.39. The van der Waals surface area contributed by atoms with Crippen molar-refractivity contribution in [2.24, 2.45) is 5.73 Å². The number of hydrogen-bond acceptors (Lipinski definition) is 4. The summed E-state index contributed by atoms with van der Waals surface area (Å²) in [5.41, 5.74) is 8.68. The first kappa shape index (κ1) is 15.4. The van der Waals surface area contributed by atoms with E-state index in [0.29, 0.717) is 12.0 Å². The number of ether oxygens (including phenoxy) is 2. The number of nitrogens with two attached hydrogens (primary N) is 1. The molecule has 1 aliphatic heterocycles. The summed E-state index contributed by atoms with van der Waals surface area (Å²) >= 11 is 0. The van der Waals surface area contributed by atoms with Gasteiger partial charge in [-0.15, -0.1) is 0 Å². The van der Waals surface area contributed by atoms with Crippen molar-refractivity contribution in [1.29, 1.82) is 0 Å². The maximum absolute atomic E-state index is 11.3. The molecule has 0 bridgehead atoms. The fourth-order valence-corrected chi connectivity index (χ4v) is 3.01. The van der Waals surface area contributed by atoms with Crippen molar-refractivity contribution in [2.45, 2.75) is 26.1 Å². The van der Waals surface area contributed by atoms with Gasteiger partial charge in [0.1, 0.15) is 0 Å². The van der Waals surface area contributed by atoms with Crippen LogP contribution in [-0.2, 0) is 6.42 Å². The molecule has 4 rings (SSSR count). The summed E-state index contributed by atoms with van der Waals surface area (Å²) in [5.74, 6) is 0.461. The van der Waals surface area contributed by atoms with Gasteiger partial charge >= 0.3 is 0 Å². The van der Waals surface area contributed by atoms with Crippen LogP contribution in [0.2, 0.25) is 0 Å². The number of primary amides is 1. The number of aromatic nitrogens is 1. The molecule has 0 unspecified atom stereocenters. The average molecular weight is 334 g/mol. The maximum Gasteiger partial charge on any atom is 0.248 e. The number of benzene rings is 2. The number of carbonyl (C=O) groups is 1. The number of hydrogen-bond donors (Lipinski definition) is 1. The zero-order chi connectivity index (χ0) is 17.6. The molecule has 25 heavy (non-hydrogen) atoms. The molecule has 3 aromatic rings. The Balaban J connectivity index is 1.61. The predicted octanol–water partition coefficient (Wildman–Crippen LogP) is 3.43. The summed E-state index contributed by atoms with van der Waals surface area (Å²) in [6, 6.07) is 15.1. The molecule has 2 heterocycles. The van der Waals surface area contributed by atoms with Gasteiger partial charge in [-0.25, -0.2) is 0 Å². The van der Waals surface area contributed by atoms with Crippen molar-refractivity contribution in [2.75, 3.05) is 0 Å². The highest BCUT2D eigenvalue weighted by Gasteiger charge is 2.31. The molecule has 0 spiro atoms. The molecule has 2 N–H and O–H groups in total. The van der Waals surface area contributed by atoms with Gasteiger partial charge in [-0.05, 0) is 42.0 Å². The molecule has 1 aromatic heterocycles. The third kappa shape index (κ3) is 3.01. The Bertz CT molecular complexity index is 995. The fourth-order valence-electron chi connectivity index (χ4n) is 3.01. The first-order chi connectivity index (χ1) is 11.9. The summed E-state index contributed by atoms with van der Waals surface area (Å²) in [5, 5.41) is 0.896. The molecule has 126 valence electrons. The topological polar surface area (TPSA) is 74.4 Å². The zero-order valence-electron chi connectivity index (χ0n) is 14.1. The summed E-state index contributed by atoms with van der Waals surface area (Å²) in [6.07, 6.45) is 0.685. The van der Waals surface area contributed by atoms with E-state index >= 15 is 0 Å². The Morgan fingerprint density at radius 1 is 1.04 bits per heavy atom. The van der Waals surface area contributed by atoms with Crippen molar-refractivity contribution in [3.8, 4) is 11.5 Å². The molecule has 0 saturated heterocycles. The van der Waals surface area contributed by atoms with E-state index in [1.807, 2.05) is 50.2 Å². The molecule has 0 aliphatic carbocycles. The molecule has 0 radical (unpaired) electrons. The number of nitrogens with zero attached hydrogens (tertiary/aromatic N) is 1. The lowest BCUT2D eigenvalue weighted by Gasteiger charge is -2.16. The fraction of sp³-hybridized carbons (Fsp3) is 0.200. The molecule has 5 heteroatoms. The van der Waals surface area contributed by atoms with E-state index in [9.17, 15) is 4.79 Å². The van der Waals surface area contributed by atoms with Gasteiger partial charge in [0.2, 0.25) is 11.7 Å². The van der Waals surface area contributed by atoms with Gasteiger partial charge in [0, 0.05) is 36.9 Å². The van der Waals surface area contributed by atoms with Crippen molar-refractivity contribution < 1.29 is 14.3 Å². The maximum atomic E-state index is 11.3. The number of amides is 1. The number of rotatable bonds is 3. The average Bonchev–Trinajstić information content (AvgIpc) is 2.87. The van der Waals surface area contributed by atoms with Crippen LogP contribution in [0.25, 0.3) is 10.9 Å². The Kier molecular flexibility index (Phi) is 3.39. The second-order valence-corrected chi connectivity index (χ2v) is 6.64. The second kappa shape index (κ2) is 5.48. The number of pyridine rings is 1. The number of fused-ring (bicyclic) bond motifs is 2. The second-order valence-electron chi connectivity index (χ2n) is 6.64. The van der Waals surface area contributed by atoms with Gasteiger partial charge in [-0.2, -0.15) is 0 Å². The van der Waals surface area contributed by atoms with Gasteiger partial charge in [0.25, 0.3) is 0 Å². The van der Waals surface area contributed by atoms with E-state index in [4.69, 9.17) is 15.2 Å². The molecule has 2 aromatic carbocycles.